The minimum atomic E-state index is -0.756. The third kappa shape index (κ3) is 2.80. The van der Waals surface area contributed by atoms with Crippen molar-refractivity contribution in [2.24, 2.45) is 0 Å². The molecule has 0 spiro atoms. The smallest absolute Gasteiger partial charge is 0.160 e. The monoisotopic (exact) mass is 332 g/mol. The number of aromatic hydroxyl groups is 1. The number of methoxy groups -OCH3 is 3. The highest BCUT2D eigenvalue weighted by Crippen LogP contribution is 2.43. The second-order valence-electron chi connectivity index (χ2n) is 5.55. The third-order valence-electron chi connectivity index (χ3n) is 4.15. The summed E-state index contributed by atoms with van der Waals surface area (Å²) < 4.78 is 21.8. The number of ether oxygens (including phenoxy) is 4. The molecule has 6 heteroatoms. The van der Waals surface area contributed by atoms with Crippen molar-refractivity contribution in [3.05, 3.63) is 41.5 Å². The molecule has 2 N–H and O–H groups in total. The molecule has 3 rings (SSSR count). The molecule has 0 saturated carbocycles. The van der Waals surface area contributed by atoms with Gasteiger partial charge in [-0.1, -0.05) is 6.07 Å². The number of aliphatic hydroxyl groups is 1. The lowest BCUT2D eigenvalue weighted by Crippen LogP contribution is -2.30. The predicted molar refractivity (Wildman–Crippen MR) is 87.3 cm³/mol. The zero-order chi connectivity index (χ0) is 17.3. The van der Waals surface area contributed by atoms with E-state index in [0.717, 1.165) is 5.56 Å². The molecule has 0 unspecified atom stereocenters. The van der Waals surface area contributed by atoms with Crippen LogP contribution in [0.25, 0.3) is 0 Å². The van der Waals surface area contributed by atoms with Gasteiger partial charge in [-0.15, -0.1) is 0 Å². The molecule has 0 bridgehead atoms. The van der Waals surface area contributed by atoms with E-state index in [4.69, 9.17) is 18.9 Å². The van der Waals surface area contributed by atoms with Crippen molar-refractivity contribution in [2.75, 3.05) is 21.3 Å². The molecule has 2 atom stereocenters. The van der Waals surface area contributed by atoms with Crippen molar-refractivity contribution in [1.29, 1.82) is 0 Å². The minimum absolute atomic E-state index is 0.0373. The molecule has 2 aromatic carbocycles. The van der Waals surface area contributed by atoms with Gasteiger partial charge in [0.05, 0.1) is 27.4 Å². The molecule has 0 aromatic heterocycles. The largest absolute Gasteiger partial charge is 0.504 e. The highest BCUT2D eigenvalue weighted by molar-refractivity contribution is 5.53. The van der Waals surface area contributed by atoms with E-state index in [2.05, 4.69) is 0 Å². The fourth-order valence-corrected chi connectivity index (χ4v) is 2.89. The second kappa shape index (κ2) is 6.49. The second-order valence-corrected chi connectivity index (χ2v) is 5.55. The number of rotatable bonds is 4. The standard InChI is InChI=1S/C18H20O6/c1-21-11-7-15(22-2)12-9-14(20)18(24-16(12)8-11)10-4-5-13(19)17(6-10)23-3/h4-8,14,18-20H,9H2,1-3H3/t14-,18-/m0/s1. The first-order chi connectivity index (χ1) is 11.6. The molecule has 1 aliphatic rings. The van der Waals surface area contributed by atoms with E-state index in [9.17, 15) is 10.2 Å². The predicted octanol–water partition coefficient (Wildman–Crippen LogP) is 2.46. The Morgan fingerprint density at radius 3 is 2.42 bits per heavy atom. The van der Waals surface area contributed by atoms with E-state index < -0.39 is 12.2 Å². The molecule has 1 heterocycles. The number of phenolic OH excluding ortho intramolecular Hbond substituents is 1. The number of hydrogen-bond donors (Lipinski definition) is 2. The van der Waals surface area contributed by atoms with Gasteiger partial charge in [0, 0.05) is 24.1 Å². The van der Waals surface area contributed by atoms with Crippen molar-refractivity contribution in [3.63, 3.8) is 0 Å². The first-order valence-corrected chi connectivity index (χ1v) is 7.54. The van der Waals surface area contributed by atoms with E-state index in [0.29, 0.717) is 35.0 Å². The van der Waals surface area contributed by atoms with Crippen LogP contribution in [-0.2, 0) is 6.42 Å². The van der Waals surface area contributed by atoms with Gasteiger partial charge in [0.15, 0.2) is 11.5 Å². The maximum absolute atomic E-state index is 10.5. The molecule has 128 valence electrons. The summed E-state index contributed by atoms with van der Waals surface area (Å²) in [6, 6.07) is 8.42. The lowest BCUT2D eigenvalue weighted by atomic mass is 9.94. The first kappa shape index (κ1) is 16.3. The zero-order valence-corrected chi connectivity index (χ0v) is 13.8. The number of benzene rings is 2. The van der Waals surface area contributed by atoms with Gasteiger partial charge < -0.3 is 29.2 Å². The highest BCUT2D eigenvalue weighted by Gasteiger charge is 2.32. The maximum atomic E-state index is 10.5. The summed E-state index contributed by atoms with van der Waals surface area (Å²) in [5, 5.41) is 20.3. The van der Waals surface area contributed by atoms with E-state index in [-0.39, 0.29) is 5.75 Å². The Labute approximate surface area is 140 Å². The summed E-state index contributed by atoms with van der Waals surface area (Å²) in [4.78, 5) is 0. The van der Waals surface area contributed by atoms with Crippen LogP contribution in [0.4, 0.5) is 0 Å². The van der Waals surface area contributed by atoms with Gasteiger partial charge >= 0.3 is 0 Å². The van der Waals surface area contributed by atoms with Crippen LogP contribution in [0.15, 0.2) is 30.3 Å². The van der Waals surface area contributed by atoms with Gasteiger partial charge in [-0.25, -0.2) is 0 Å². The molecule has 1 aliphatic heterocycles. The highest BCUT2D eigenvalue weighted by atomic mass is 16.5. The van der Waals surface area contributed by atoms with Crippen LogP contribution in [-0.4, -0.2) is 37.6 Å². The Morgan fingerprint density at radius 2 is 1.75 bits per heavy atom. The fraction of sp³-hybridized carbons (Fsp3) is 0.333. The van der Waals surface area contributed by atoms with E-state index in [1.165, 1.54) is 13.2 Å². The molecule has 0 aliphatic carbocycles. The van der Waals surface area contributed by atoms with Gasteiger partial charge in [0.2, 0.25) is 0 Å². The van der Waals surface area contributed by atoms with Crippen molar-refractivity contribution in [1.82, 2.24) is 0 Å². The third-order valence-corrected chi connectivity index (χ3v) is 4.15. The lowest BCUT2D eigenvalue weighted by molar-refractivity contribution is 0.0196. The van der Waals surface area contributed by atoms with Gasteiger partial charge in [0.1, 0.15) is 23.4 Å². The van der Waals surface area contributed by atoms with Crippen molar-refractivity contribution in [3.8, 4) is 28.7 Å². The normalized spacial score (nSPS) is 19.2. The van der Waals surface area contributed by atoms with Gasteiger partial charge in [-0.3, -0.25) is 0 Å². The zero-order valence-electron chi connectivity index (χ0n) is 13.8. The average molecular weight is 332 g/mol. The van der Waals surface area contributed by atoms with Crippen LogP contribution in [0.1, 0.15) is 17.2 Å². The Balaban J connectivity index is 2.00. The Morgan fingerprint density at radius 1 is 1.00 bits per heavy atom. The van der Waals surface area contributed by atoms with Crippen LogP contribution in [0.5, 0.6) is 28.7 Å². The first-order valence-electron chi connectivity index (χ1n) is 7.54. The van der Waals surface area contributed by atoms with E-state index >= 15 is 0 Å². The number of hydrogen-bond acceptors (Lipinski definition) is 6. The minimum Gasteiger partial charge on any atom is -0.504 e. The molecule has 24 heavy (non-hydrogen) atoms. The van der Waals surface area contributed by atoms with E-state index in [1.54, 1.807) is 38.5 Å². The van der Waals surface area contributed by atoms with Crippen molar-refractivity contribution >= 4 is 0 Å². The Bertz CT molecular complexity index is 743. The summed E-state index contributed by atoms with van der Waals surface area (Å²) >= 11 is 0. The molecule has 2 aromatic rings. The molecule has 0 amide bonds. The number of fused-ring (bicyclic) bond motifs is 1. The van der Waals surface area contributed by atoms with Crippen LogP contribution in [0, 0.1) is 0 Å². The SMILES string of the molecule is COc1cc(OC)c2c(c1)O[C@@H](c1ccc(O)c(OC)c1)[C@@H](O)C2. The topological polar surface area (TPSA) is 77.4 Å². The Kier molecular flexibility index (Phi) is 4.40. The van der Waals surface area contributed by atoms with Crippen LogP contribution < -0.4 is 18.9 Å². The number of aliphatic hydroxyl groups excluding tert-OH is 1. The molecule has 0 saturated heterocycles. The summed E-state index contributed by atoms with van der Waals surface area (Å²) in [6.07, 6.45) is -0.950. The van der Waals surface area contributed by atoms with Crippen LogP contribution >= 0.6 is 0 Å². The van der Waals surface area contributed by atoms with Crippen molar-refractivity contribution < 1.29 is 29.2 Å². The lowest BCUT2D eigenvalue weighted by Gasteiger charge is -2.32. The van der Waals surface area contributed by atoms with Crippen LogP contribution in [0.3, 0.4) is 0 Å². The molecule has 6 nitrogen and oxygen atoms in total. The Hall–Kier alpha value is -2.60. The summed E-state index contributed by atoms with van der Waals surface area (Å²) in [6.45, 7) is 0. The summed E-state index contributed by atoms with van der Waals surface area (Å²) in [5.74, 6) is 2.20. The van der Waals surface area contributed by atoms with Gasteiger partial charge in [-0.2, -0.15) is 0 Å². The fourth-order valence-electron chi connectivity index (χ4n) is 2.89. The van der Waals surface area contributed by atoms with Crippen molar-refractivity contribution in [2.45, 2.75) is 18.6 Å². The molecular formula is C18H20O6. The number of phenols is 1. The average Bonchev–Trinajstić information content (AvgIpc) is 2.61. The summed E-state index contributed by atoms with van der Waals surface area (Å²) in [7, 11) is 4.61. The quantitative estimate of drug-likeness (QED) is 0.895. The van der Waals surface area contributed by atoms with Gasteiger partial charge in [-0.05, 0) is 17.7 Å². The van der Waals surface area contributed by atoms with Crippen LogP contribution in [0.2, 0.25) is 0 Å². The molecule has 0 radical (unpaired) electrons. The summed E-state index contributed by atoms with van der Waals surface area (Å²) in [5.41, 5.74) is 1.51. The van der Waals surface area contributed by atoms with Gasteiger partial charge in [0.25, 0.3) is 0 Å². The van der Waals surface area contributed by atoms with E-state index in [1.807, 2.05) is 0 Å². The molecular weight excluding hydrogens is 312 g/mol. The maximum Gasteiger partial charge on any atom is 0.160 e. The molecule has 0 fully saturated rings.